The van der Waals surface area contributed by atoms with E-state index in [1.165, 1.54) is 25.3 Å². The summed E-state index contributed by atoms with van der Waals surface area (Å²) in [7, 11) is -1.20. The molecular weight excluding hydrogens is 388 g/mol. The maximum atomic E-state index is 14.5. The van der Waals surface area contributed by atoms with Crippen molar-refractivity contribution in [1.82, 2.24) is 14.3 Å². The molecule has 3 aromatic rings. The Hall–Kier alpha value is -2.78. The second-order valence-electron chi connectivity index (χ2n) is 6.11. The summed E-state index contributed by atoms with van der Waals surface area (Å²) < 4.78 is 60.8. The first-order valence-corrected chi connectivity index (χ1v) is 9.81. The number of pyridine rings is 1. The third kappa shape index (κ3) is 3.50. The van der Waals surface area contributed by atoms with Crippen LogP contribution in [0.2, 0.25) is 0 Å². The van der Waals surface area contributed by atoms with Crippen LogP contribution < -0.4 is 10.1 Å². The van der Waals surface area contributed by atoms with Crippen LogP contribution in [-0.2, 0) is 16.6 Å². The predicted molar refractivity (Wildman–Crippen MR) is 101 cm³/mol. The van der Waals surface area contributed by atoms with Crippen molar-refractivity contribution in [3.63, 3.8) is 0 Å². The highest BCUT2D eigenvalue weighted by molar-refractivity contribution is 7.90. The molecular formula is C19H19F2N3O3S. The van der Waals surface area contributed by atoms with Crippen molar-refractivity contribution >= 4 is 10.0 Å². The quantitative estimate of drug-likeness (QED) is 0.680. The molecule has 0 radical (unpaired) electrons. The second kappa shape index (κ2) is 7.69. The molecule has 3 rings (SSSR count). The Bertz CT molecular complexity index is 1130. The van der Waals surface area contributed by atoms with Gasteiger partial charge in [0.1, 0.15) is 11.6 Å². The van der Waals surface area contributed by atoms with E-state index in [-0.39, 0.29) is 28.7 Å². The molecule has 0 aliphatic heterocycles. The molecule has 2 heterocycles. The maximum Gasteiger partial charge on any atom is 0.288 e. The van der Waals surface area contributed by atoms with Gasteiger partial charge in [-0.2, -0.15) is 8.42 Å². The number of nitrogens with one attached hydrogen (secondary N) is 1. The molecule has 0 fully saturated rings. The van der Waals surface area contributed by atoms with Crippen LogP contribution in [0.25, 0.3) is 11.3 Å². The fraction of sp³-hybridized carbons (Fsp3) is 0.211. The average Bonchev–Trinajstić information content (AvgIpc) is 3.01. The van der Waals surface area contributed by atoms with Gasteiger partial charge in [0.2, 0.25) is 5.88 Å². The monoisotopic (exact) mass is 407 g/mol. The van der Waals surface area contributed by atoms with Crippen LogP contribution in [0.15, 0.2) is 47.5 Å². The lowest BCUT2D eigenvalue weighted by molar-refractivity contribution is 0.387. The standard InChI is InChI=1S/C19H19F2N3O3S/c1-12-5-4-6-18(23-12)28(25,26)24-17(9-13(11-22-2)19(24)27-3)15-8-7-14(20)10-16(15)21/h4-10,22H,11H2,1-3H3. The minimum atomic E-state index is -4.22. The van der Waals surface area contributed by atoms with Crippen molar-refractivity contribution in [3.05, 3.63) is 65.4 Å². The van der Waals surface area contributed by atoms with Crippen LogP contribution in [0, 0.1) is 18.6 Å². The van der Waals surface area contributed by atoms with Gasteiger partial charge in [0.05, 0.1) is 12.8 Å². The smallest absolute Gasteiger partial charge is 0.288 e. The molecule has 0 unspecified atom stereocenters. The molecule has 0 saturated carbocycles. The van der Waals surface area contributed by atoms with Crippen LogP contribution in [0.5, 0.6) is 5.88 Å². The Morgan fingerprint density at radius 1 is 1.18 bits per heavy atom. The van der Waals surface area contributed by atoms with Gasteiger partial charge in [0.15, 0.2) is 5.03 Å². The lowest BCUT2D eigenvalue weighted by Crippen LogP contribution is -2.18. The normalized spacial score (nSPS) is 11.6. The Labute approximate surface area is 161 Å². The summed E-state index contributed by atoms with van der Waals surface area (Å²) >= 11 is 0. The summed E-state index contributed by atoms with van der Waals surface area (Å²) in [6.07, 6.45) is 0. The summed E-state index contributed by atoms with van der Waals surface area (Å²) in [5, 5.41) is 2.71. The highest BCUT2D eigenvalue weighted by atomic mass is 32.2. The molecule has 148 valence electrons. The minimum Gasteiger partial charge on any atom is -0.481 e. The second-order valence-corrected chi connectivity index (χ2v) is 7.84. The average molecular weight is 407 g/mol. The van der Waals surface area contributed by atoms with Gasteiger partial charge in [-0.3, -0.25) is 0 Å². The SMILES string of the molecule is CNCc1cc(-c2ccc(F)cc2F)n(S(=O)(=O)c2cccc(C)n2)c1OC. The molecule has 1 aromatic carbocycles. The van der Waals surface area contributed by atoms with E-state index in [9.17, 15) is 17.2 Å². The minimum absolute atomic E-state index is 0.0166. The zero-order valence-electron chi connectivity index (χ0n) is 15.5. The van der Waals surface area contributed by atoms with E-state index in [4.69, 9.17) is 4.74 Å². The van der Waals surface area contributed by atoms with Gasteiger partial charge >= 0.3 is 0 Å². The predicted octanol–water partition coefficient (Wildman–Crippen LogP) is 3.10. The molecule has 28 heavy (non-hydrogen) atoms. The van der Waals surface area contributed by atoms with Crippen molar-refractivity contribution in [1.29, 1.82) is 0 Å². The lowest BCUT2D eigenvalue weighted by atomic mass is 10.1. The molecule has 2 aromatic heterocycles. The van der Waals surface area contributed by atoms with E-state index in [0.29, 0.717) is 17.3 Å². The van der Waals surface area contributed by atoms with Crippen molar-refractivity contribution in [3.8, 4) is 17.1 Å². The number of methoxy groups -OCH3 is 1. The number of hydrogen-bond acceptors (Lipinski definition) is 5. The van der Waals surface area contributed by atoms with Crippen LogP contribution in [0.3, 0.4) is 0 Å². The van der Waals surface area contributed by atoms with Crippen LogP contribution in [0.4, 0.5) is 8.78 Å². The maximum absolute atomic E-state index is 14.5. The summed E-state index contributed by atoms with van der Waals surface area (Å²) in [5.41, 5.74) is 0.957. The number of halogens is 2. The van der Waals surface area contributed by atoms with Gasteiger partial charge in [-0.15, -0.1) is 0 Å². The molecule has 0 spiro atoms. The number of hydrogen-bond donors (Lipinski definition) is 1. The topological polar surface area (TPSA) is 73.2 Å². The summed E-state index contributed by atoms with van der Waals surface area (Å²) in [4.78, 5) is 4.09. The zero-order valence-corrected chi connectivity index (χ0v) is 16.3. The molecule has 0 bridgehead atoms. The molecule has 0 saturated heterocycles. The molecule has 0 atom stereocenters. The van der Waals surface area contributed by atoms with Gasteiger partial charge in [-0.25, -0.2) is 17.7 Å². The fourth-order valence-electron chi connectivity index (χ4n) is 2.93. The summed E-state index contributed by atoms with van der Waals surface area (Å²) in [6.45, 7) is 1.95. The van der Waals surface area contributed by atoms with E-state index >= 15 is 0 Å². The van der Waals surface area contributed by atoms with Crippen LogP contribution in [0.1, 0.15) is 11.3 Å². The molecule has 1 N–H and O–H groups in total. The molecule has 9 heteroatoms. The van der Waals surface area contributed by atoms with E-state index in [0.717, 1.165) is 10.0 Å². The Morgan fingerprint density at radius 2 is 1.93 bits per heavy atom. The number of aromatic nitrogens is 2. The van der Waals surface area contributed by atoms with Crippen LogP contribution in [-0.4, -0.2) is 31.5 Å². The number of ether oxygens (including phenoxy) is 1. The summed E-state index contributed by atoms with van der Waals surface area (Å²) in [5.74, 6) is -1.62. The van der Waals surface area contributed by atoms with Crippen LogP contribution >= 0.6 is 0 Å². The lowest BCUT2D eigenvalue weighted by Gasteiger charge is -2.14. The number of nitrogens with zero attached hydrogens (tertiary/aromatic N) is 2. The van der Waals surface area contributed by atoms with Crippen molar-refractivity contribution in [2.45, 2.75) is 18.5 Å². The van der Waals surface area contributed by atoms with E-state index in [1.54, 1.807) is 26.1 Å². The Kier molecular flexibility index (Phi) is 5.48. The van der Waals surface area contributed by atoms with Gasteiger partial charge < -0.3 is 10.1 Å². The van der Waals surface area contributed by atoms with Gasteiger partial charge in [0, 0.05) is 29.4 Å². The highest BCUT2D eigenvalue weighted by Gasteiger charge is 2.30. The number of rotatable bonds is 6. The Morgan fingerprint density at radius 3 is 2.54 bits per heavy atom. The molecule has 0 aliphatic rings. The van der Waals surface area contributed by atoms with E-state index < -0.39 is 21.7 Å². The third-order valence-electron chi connectivity index (χ3n) is 4.12. The zero-order chi connectivity index (χ0) is 20.5. The van der Waals surface area contributed by atoms with Gasteiger partial charge in [-0.1, -0.05) is 6.07 Å². The number of benzene rings is 1. The largest absolute Gasteiger partial charge is 0.481 e. The first-order chi connectivity index (χ1) is 13.3. The van der Waals surface area contributed by atoms with Crippen molar-refractivity contribution in [2.75, 3.05) is 14.2 Å². The fourth-order valence-corrected chi connectivity index (χ4v) is 4.45. The first kappa shape index (κ1) is 20.0. The van der Waals surface area contributed by atoms with Gasteiger partial charge in [-0.05, 0) is 44.3 Å². The highest BCUT2D eigenvalue weighted by Crippen LogP contribution is 2.36. The van der Waals surface area contributed by atoms with Gasteiger partial charge in [0.25, 0.3) is 10.0 Å². The van der Waals surface area contributed by atoms with Crippen molar-refractivity contribution < 1.29 is 21.9 Å². The number of aryl methyl sites for hydroxylation is 1. The Balaban J connectivity index is 2.35. The van der Waals surface area contributed by atoms with Crippen molar-refractivity contribution in [2.24, 2.45) is 0 Å². The van der Waals surface area contributed by atoms with E-state index in [1.807, 2.05) is 0 Å². The first-order valence-electron chi connectivity index (χ1n) is 8.37. The summed E-state index contributed by atoms with van der Waals surface area (Å²) in [6, 6.07) is 9.05. The molecule has 6 nitrogen and oxygen atoms in total. The third-order valence-corrected chi connectivity index (χ3v) is 5.72. The molecule has 0 amide bonds. The molecule has 0 aliphatic carbocycles. The van der Waals surface area contributed by atoms with E-state index in [2.05, 4.69) is 10.3 Å².